The maximum atomic E-state index is 11.7. The molecule has 0 aliphatic rings. The first-order valence-corrected chi connectivity index (χ1v) is 7.65. The Hall–Kier alpha value is -1.81. The second-order valence-corrected chi connectivity index (χ2v) is 5.94. The highest BCUT2D eigenvalue weighted by molar-refractivity contribution is 9.10. The molecule has 2 N–H and O–H groups in total. The smallest absolute Gasteiger partial charge is 0.251 e. The van der Waals surface area contributed by atoms with Crippen LogP contribution in [-0.4, -0.2) is 13.0 Å². The second kappa shape index (κ2) is 6.76. The predicted octanol–water partition coefficient (Wildman–Crippen LogP) is 4.29. The van der Waals surface area contributed by atoms with Gasteiger partial charge in [0, 0.05) is 28.8 Å². The molecule has 2 aromatic rings. The van der Waals surface area contributed by atoms with Crippen molar-refractivity contribution in [3.05, 3.63) is 63.6 Å². The molecule has 0 saturated carbocycles. The van der Waals surface area contributed by atoms with E-state index in [1.165, 1.54) is 5.56 Å². The normalized spacial score (nSPS) is 11.8. The summed E-state index contributed by atoms with van der Waals surface area (Å²) in [6, 6.07) is 14.1. The summed E-state index contributed by atoms with van der Waals surface area (Å²) in [4.78, 5) is 11.7. The Morgan fingerprint density at radius 1 is 1.14 bits per heavy atom. The fraction of sp³-hybridized carbons (Fsp3) is 0.235. The van der Waals surface area contributed by atoms with E-state index in [-0.39, 0.29) is 11.9 Å². The van der Waals surface area contributed by atoms with E-state index in [4.69, 9.17) is 0 Å². The molecule has 0 aliphatic carbocycles. The summed E-state index contributed by atoms with van der Waals surface area (Å²) < 4.78 is 1.07. The van der Waals surface area contributed by atoms with Gasteiger partial charge in [-0.1, -0.05) is 34.1 Å². The van der Waals surface area contributed by atoms with Crippen molar-refractivity contribution in [2.75, 3.05) is 12.4 Å². The minimum absolute atomic E-state index is 0.0747. The molecule has 2 aromatic carbocycles. The number of hydrogen-bond acceptors (Lipinski definition) is 2. The Morgan fingerprint density at radius 3 is 2.43 bits per heavy atom. The van der Waals surface area contributed by atoms with Crippen LogP contribution in [0.25, 0.3) is 0 Å². The first kappa shape index (κ1) is 15.6. The van der Waals surface area contributed by atoms with E-state index in [0.29, 0.717) is 5.56 Å². The van der Waals surface area contributed by atoms with Crippen molar-refractivity contribution in [1.82, 2.24) is 5.32 Å². The van der Waals surface area contributed by atoms with Crippen molar-refractivity contribution in [2.24, 2.45) is 0 Å². The zero-order chi connectivity index (χ0) is 15.4. The Labute approximate surface area is 133 Å². The zero-order valence-electron chi connectivity index (χ0n) is 12.4. The molecule has 4 heteroatoms. The van der Waals surface area contributed by atoms with Gasteiger partial charge in [0.1, 0.15) is 0 Å². The van der Waals surface area contributed by atoms with E-state index in [2.05, 4.69) is 45.6 Å². The maximum Gasteiger partial charge on any atom is 0.251 e. The molecule has 0 aromatic heterocycles. The average molecular weight is 347 g/mol. The number of anilines is 1. The Morgan fingerprint density at radius 2 is 1.81 bits per heavy atom. The summed E-state index contributed by atoms with van der Waals surface area (Å²) >= 11 is 3.44. The molecule has 0 bridgehead atoms. The molecule has 2 rings (SSSR count). The fourth-order valence-electron chi connectivity index (χ4n) is 2.13. The molecule has 1 atom stereocenters. The van der Waals surface area contributed by atoms with Crippen molar-refractivity contribution >= 4 is 27.5 Å². The third-order valence-electron chi connectivity index (χ3n) is 3.47. The SMILES string of the molecule is CNC(=O)c1ccc(C)c(NC(C)c2ccc(Br)cc2)c1. The van der Waals surface area contributed by atoms with E-state index in [0.717, 1.165) is 15.7 Å². The quantitative estimate of drug-likeness (QED) is 0.866. The Balaban J connectivity index is 2.22. The van der Waals surface area contributed by atoms with Crippen LogP contribution in [0.15, 0.2) is 46.9 Å². The lowest BCUT2D eigenvalue weighted by molar-refractivity contribution is 0.0963. The molecule has 0 fully saturated rings. The molecule has 0 spiro atoms. The van der Waals surface area contributed by atoms with Crippen LogP contribution in [0.1, 0.15) is 34.5 Å². The van der Waals surface area contributed by atoms with Crippen LogP contribution in [0.2, 0.25) is 0 Å². The Kier molecular flexibility index (Phi) is 5.02. The molecule has 0 radical (unpaired) electrons. The highest BCUT2D eigenvalue weighted by Crippen LogP contribution is 2.24. The van der Waals surface area contributed by atoms with Crippen molar-refractivity contribution in [2.45, 2.75) is 19.9 Å². The van der Waals surface area contributed by atoms with Crippen LogP contribution in [0, 0.1) is 6.92 Å². The molecule has 1 amide bonds. The van der Waals surface area contributed by atoms with Gasteiger partial charge in [-0.05, 0) is 49.2 Å². The molecule has 0 aliphatic heterocycles. The van der Waals surface area contributed by atoms with Crippen molar-refractivity contribution in [1.29, 1.82) is 0 Å². The van der Waals surface area contributed by atoms with E-state index in [1.54, 1.807) is 7.05 Å². The topological polar surface area (TPSA) is 41.1 Å². The van der Waals surface area contributed by atoms with Crippen LogP contribution >= 0.6 is 15.9 Å². The highest BCUT2D eigenvalue weighted by atomic mass is 79.9. The fourth-order valence-corrected chi connectivity index (χ4v) is 2.40. The van der Waals surface area contributed by atoms with Crippen LogP contribution in [0.4, 0.5) is 5.69 Å². The lowest BCUT2D eigenvalue weighted by Crippen LogP contribution is -2.18. The molecule has 0 saturated heterocycles. The van der Waals surface area contributed by atoms with Gasteiger partial charge in [0.25, 0.3) is 5.91 Å². The molecule has 3 nitrogen and oxygen atoms in total. The van der Waals surface area contributed by atoms with Gasteiger partial charge in [0.05, 0.1) is 0 Å². The minimum Gasteiger partial charge on any atom is -0.378 e. The van der Waals surface area contributed by atoms with Crippen LogP contribution in [0.3, 0.4) is 0 Å². The second-order valence-electron chi connectivity index (χ2n) is 5.03. The first-order valence-electron chi connectivity index (χ1n) is 6.86. The van der Waals surface area contributed by atoms with Gasteiger partial charge in [-0.15, -0.1) is 0 Å². The highest BCUT2D eigenvalue weighted by Gasteiger charge is 2.10. The third-order valence-corrected chi connectivity index (χ3v) is 4.00. The minimum atomic E-state index is -0.0747. The van der Waals surface area contributed by atoms with E-state index in [9.17, 15) is 4.79 Å². The summed E-state index contributed by atoms with van der Waals surface area (Å²) in [5, 5.41) is 6.12. The largest absolute Gasteiger partial charge is 0.378 e. The van der Waals surface area contributed by atoms with Gasteiger partial charge in [-0.2, -0.15) is 0 Å². The summed E-state index contributed by atoms with van der Waals surface area (Å²) in [7, 11) is 1.64. The third kappa shape index (κ3) is 3.85. The summed E-state index contributed by atoms with van der Waals surface area (Å²) in [5.74, 6) is -0.0747. The number of carbonyl (C=O) groups excluding carboxylic acids is 1. The number of carbonyl (C=O) groups is 1. The lowest BCUT2D eigenvalue weighted by Gasteiger charge is -2.18. The van der Waals surface area contributed by atoms with Gasteiger partial charge in [0.15, 0.2) is 0 Å². The average Bonchev–Trinajstić information content (AvgIpc) is 2.49. The van der Waals surface area contributed by atoms with Gasteiger partial charge >= 0.3 is 0 Å². The number of nitrogens with one attached hydrogen (secondary N) is 2. The predicted molar refractivity (Wildman–Crippen MR) is 90.7 cm³/mol. The maximum absolute atomic E-state index is 11.7. The van der Waals surface area contributed by atoms with Crippen LogP contribution in [0.5, 0.6) is 0 Å². The van der Waals surface area contributed by atoms with E-state index < -0.39 is 0 Å². The Bertz CT molecular complexity index is 638. The molecular formula is C17H19BrN2O. The number of benzene rings is 2. The lowest BCUT2D eigenvalue weighted by atomic mass is 10.1. The van der Waals surface area contributed by atoms with Gasteiger partial charge in [-0.25, -0.2) is 0 Å². The van der Waals surface area contributed by atoms with Crippen molar-refractivity contribution < 1.29 is 4.79 Å². The molecule has 110 valence electrons. The number of aryl methyl sites for hydroxylation is 1. The summed E-state index contributed by atoms with van der Waals surface area (Å²) in [6.45, 7) is 4.14. The standard InChI is InChI=1S/C17H19BrN2O/c1-11-4-5-14(17(21)19-3)10-16(11)20-12(2)13-6-8-15(18)9-7-13/h4-10,12,20H,1-3H3,(H,19,21). The van der Waals surface area contributed by atoms with Crippen molar-refractivity contribution in [3.63, 3.8) is 0 Å². The van der Waals surface area contributed by atoms with Crippen LogP contribution < -0.4 is 10.6 Å². The number of rotatable bonds is 4. The van der Waals surface area contributed by atoms with Gasteiger partial charge in [0.2, 0.25) is 0 Å². The van der Waals surface area contributed by atoms with Crippen LogP contribution in [-0.2, 0) is 0 Å². The number of hydrogen-bond donors (Lipinski definition) is 2. The molecule has 1 unspecified atom stereocenters. The monoisotopic (exact) mass is 346 g/mol. The number of halogens is 1. The molecule has 21 heavy (non-hydrogen) atoms. The molecular weight excluding hydrogens is 328 g/mol. The van der Waals surface area contributed by atoms with Gasteiger partial charge in [-0.3, -0.25) is 4.79 Å². The van der Waals surface area contributed by atoms with Crippen molar-refractivity contribution in [3.8, 4) is 0 Å². The number of amides is 1. The zero-order valence-corrected chi connectivity index (χ0v) is 14.0. The summed E-state index contributed by atoms with van der Waals surface area (Å²) in [6.07, 6.45) is 0. The van der Waals surface area contributed by atoms with E-state index >= 15 is 0 Å². The van der Waals surface area contributed by atoms with Gasteiger partial charge < -0.3 is 10.6 Å². The summed E-state index contributed by atoms with van der Waals surface area (Å²) in [5.41, 5.74) is 3.95. The molecule has 0 heterocycles. The van der Waals surface area contributed by atoms with E-state index in [1.807, 2.05) is 37.3 Å². The first-order chi connectivity index (χ1) is 10.0.